The maximum Gasteiger partial charge on any atom is 0.254 e. The second kappa shape index (κ2) is 8.38. The van der Waals surface area contributed by atoms with Crippen LogP contribution < -0.4 is 9.47 Å². The van der Waals surface area contributed by atoms with Crippen LogP contribution in [0.3, 0.4) is 0 Å². The van der Waals surface area contributed by atoms with E-state index in [-0.39, 0.29) is 5.91 Å². The summed E-state index contributed by atoms with van der Waals surface area (Å²) in [5.41, 5.74) is 1.69. The molecule has 1 amide bonds. The van der Waals surface area contributed by atoms with E-state index in [1.54, 1.807) is 18.3 Å². The minimum absolute atomic E-state index is 0.0473. The zero-order valence-corrected chi connectivity index (χ0v) is 15.7. The maximum absolute atomic E-state index is 12.8. The number of hydrogen-bond acceptors (Lipinski definition) is 5. The number of carbonyl (C=O) groups excluding carboxylic acids is 1. The van der Waals surface area contributed by atoms with E-state index in [0.29, 0.717) is 35.2 Å². The van der Waals surface area contributed by atoms with Crippen molar-refractivity contribution in [3.05, 3.63) is 52.8 Å². The molecule has 1 fully saturated rings. The molecule has 1 aromatic carbocycles. The van der Waals surface area contributed by atoms with E-state index in [2.05, 4.69) is 16.0 Å². The first-order chi connectivity index (χ1) is 12.6. The van der Waals surface area contributed by atoms with Crippen LogP contribution in [0.5, 0.6) is 11.5 Å². The summed E-state index contributed by atoms with van der Waals surface area (Å²) in [6.07, 6.45) is 3.65. The molecule has 0 unspecified atom stereocenters. The summed E-state index contributed by atoms with van der Waals surface area (Å²) in [6, 6.07) is 7.31. The van der Waals surface area contributed by atoms with Crippen LogP contribution in [0.1, 0.15) is 15.9 Å². The summed E-state index contributed by atoms with van der Waals surface area (Å²) < 4.78 is 10.5. The monoisotopic (exact) mass is 375 g/mol. The molecule has 0 atom stereocenters. The summed E-state index contributed by atoms with van der Waals surface area (Å²) >= 11 is 6.22. The van der Waals surface area contributed by atoms with Crippen molar-refractivity contribution in [2.45, 2.75) is 6.54 Å². The Morgan fingerprint density at radius 3 is 2.58 bits per heavy atom. The van der Waals surface area contributed by atoms with E-state index >= 15 is 0 Å². The van der Waals surface area contributed by atoms with E-state index in [0.717, 1.165) is 19.6 Å². The molecule has 0 N–H and O–H groups in total. The lowest BCUT2D eigenvalue weighted by Gasteiger charge is -2.34. The molecule has 1 saturated heterocycles. The normalized spacial score (nSPS) is 15.0. The topological polar surface area (TPSA) is 54.9 Å². The largest absolute Gasteiger partial charge is 0.493 e. The Hall–Kier alpha value is -2.31. The van der Waals surface area contributed by atoms with Crippen LogP contribution in [-0.4, -0.2) is 61.1 Å². The van der Waals surface area contributed by atoms with Gasteiger partial charge in [0.2, 0.25) is 0 Å². The van der Waals surface area contributed by atoms with Crippen LogP contribution in [0.25, 0.3) is 0 Å². The van der Waals surface area contributed by atoms with Gasteiger partial charge in [-0.15, -0.1) is 0 Å². The predicted octanol–water partition coefficient (Wildman–Crippen LogP) is 2.71. The van der Waals surface area contributed by atoms with E-state index in [1.807, 2.05) is 17.2 Å². The number of piperazine rings is 1. The summed E-state index contributed by atoms with van der Waals surface area (Å²) in [7, 11) is 3.05. The van der Waals surface area contributed by atoms with Crippen molar-refractivity contribution >= 4 is 17.5 Å². The van der Waals surface area contributed by atoms with Gasteiger partial charge in [-0.25, -0.2) is 0 Å². The van der Waals surface area contributed by atoms with Gasteiger partial charge in [0.1, 0.15) is 0 Å². The molecule has 138 valence electrons. The number of hydrogen-bond donors (Lipinski definition) is 0. The number of methoxy groups -OCH3 is 2. The Kier molecular flexibility index (Phi) is 5.96. The third-order valence-electron chi connectivity index (χ3n) is 4.47. The Labute approximate surface area is 158 Å². The van der Waals surface area contributed by atoms with Crippen LogP contribution >= 0.6 is 11.6 Å². The van der Waals surface area contributed by atoms with Gasteiger partial charge < -0.3 is 14.4 Å². The number of halogens is 1. The number of nitrogens with zero attached hydrogens (tertiary/aromatic N) is 3. The number of rotatable bonds is 5. The number of benzene rings is 1. The predicted molar refractivity (Wildman–Crippen MR) is 100.0 cm³/mol. The van der Waals surface area contributed by atoms with Gasteiger partial charge >= 0.3 is 0 Å². The van der Waals surface area contributed by atoms with Crippen molar-refractivity contribution in [3.8, 4) is 11.5 Å². The van der Waals surface area contributed by atoms with Gasteiger partial charge in [-0.2, -0.15) is 0 Å². The fourth-order valence-electron chi connectivity index (χ4n) is 3.08. The van der Waals surface area contributed by atoms with E-state index in [9.17, 15) is 4.79 Å². The van der Waals surface area contributed by atoms with E-state index in [4.69, 9.17) is 21.1 Å². The molecule has 1 aliphatic rings. The van der Waals surface area contributed by atoms with Crippen LogP contribution in [0, 0.1) is 0 Å². The molecule has 2 aromatic rings. The van der Waals surface area contributed by atoms with E-state index in [1.165, 1.54) is 19.8 Å². The van der Waals surface area contributed by atoms with Gasteiger partial charge in [-0.3, -0.25) is 14.7 Å². The number of pyridine rings is 1. The lowest BCUT2D eigenvalue weighted by Crippen LogP contribution is -2.48. The van der Waals surface area contributed by atoms with E-state index < -0.39 is 0 Å². The molecular weight excluding hydrogens is 354 g/mol. The molecule has 0 spiro atoms. The highest BCUT2D eigenvalue weighted by Crippen LogP contribution is 2.36. The molecule has 7 heteroatoms. The fourth-order valence-corrected chi connectivity index (χ4v) is 3.37. The van der Waals surface area contributed by atoms with Crippen molar-refractivity contribution in [2.75, 3.05) is 40.4 Å². The quantitative estimate of drug-likeness (QED) is 0.804. The van der Waals surface area contributed by atoms with Crippen LogP contribution in [0.4, 0.5) is 0 Å². The molecule has 0 radical (unpaired) electrons. The fraction of sp³-hybridized carbons (Fsp3) is 0.368. The third-order valence-corrected chi connectivity index (χ3v) is 4.75. The van der Waals surface area contributed by atoms with Crippen molar-refractivity contribution in [3.63, 3.8) is 0 Å². The number of carbonyl (C=O) groups is 1. The summed E-state index contributed by atoms with van der Waals surface area (Å²) in [6.45, 7) is 3.83. The first-order valence-corrected chi connectivity index (χ1v) is 8.82. The standard InChI is InChI=1S/C19H22ClN3O3/c1-25-17-11-15(10-16(20)18(17)26-2)19(24)23-8-6-22(7-9-23)13-14-4-3-5-21-12-14/h3-5,10-12H,6-9,13H2,1-2H3. The van der Waals surface area contributed by atoms with Crippen molar-refractivity contribution < 1.29 is 14.3 Å². The zero-order chi connectivity index (χ0) is 18.5. The zero-order valence-electron chi connectivity index (χ0n) is 14.9. The molecule has 0 saturated carbocycles. The van der Waals surface area contributed by atoms with Crippen LogP contribution in [0.2, 0.25) is 5.02 Å². The number of aromatic nitrogens is 1. The lowest BCUT2D eigenvalue weighted by molar-refractivity contribution is 0.0628. The third kappa shape index (κ3) is 4.08. The molecule has 1 aromatic heterocycles. The smallest absolute Gasteiger partial charge is 0.254 e. The molecule has 0 aliphatic carbocycles. The van der Waals surface area contributed by atoms with Gasteiger partial charge in [-0.1, -0.05) is 17.7 Å². The SMILES string of the molecule is COc1cc(C(=O)N2CCN(Cc3cccnc3)CC2)cc(Cl)c1OC. The van der Waals surface area contributed by atoms with Crippen molar-refractivity contribution in [1.82, 2.24) is 14.8 Å². The summed E-state index contributed by atoms with van der Waals surface area (Å²) in [5.74, 6) is 0.847. The summed E-state index contributed by atoms with van der Waals surface area (Å²) in [5, 5.41) is 0.366. The Bertz CT molecular complexity index is 762. The molecular formula is C19H22ClN3O3. The Morgan fingerprint density at radius 2 is 1.96 bits per heavy atom. The number of ether oxygens (including phenoxy) is 2. The molecule has 26 heavy (non-hydrogen) atoms. The molecule has 6 nitrogen and oxygen atoms in total. The van der Waals surface area contributed by atoms with Crippen LogP contribution in [-0.2, 0) is 6.54 Å². The van der Waals surface area contributed by atoms with Crippen molar-refractivity contribution in [1.29, 1.82) is 0 Å². The van der Waals surface area contributed by atoms with Crippen molar-refractivity contribution in [2.24, 2.45) is 0 Å². The second-order valence-corrected chi connectivity index (χ2v) is 6.53. The minimum atomic E-state index is -0.0473. The Morgan fingerprint density at radius 1 is 1.19 bits per heavy atom. The highest BCUT2D eigenvalue weighted by molar-refractivity contribution is 6.32. The highest BCUT2D eigenvalue weighted by Gasteiger charge is 2.24. The first kappa shape index (κ1) is 18.5. The van der Waals surface area contributed by atoms with Gasteiger partial charge in [0.05, 0.1) is 19.2 Å². The summed E-state index contributed by atoms with van der Waals surface area (Å²) in [4.78, 5) is 21.1. The van der Waals surface area contributed by atoms with Crippen LogP contribution in [0.15, 0.2) is 36.7 Å². The van der Waals surface area contributed by atoms with Gasteiger partial charge in [0, 0.05) is 50.7 Å². The average molecular weight is 376 g/mol. The minimum Gasteiger partial charge on any atom is -0.493 e. The van der Waals surface area contributed by atoms with Gasteiger partial charge in [0.15, 0.2) is 11.5 Å². The molecule has 0 bridgehead atoms. The average Bonchev–Trinajstić information content (AvgIpc) is 2.68. The highest BCUT2D eigenvalue weighted by atomic mass is 35.5. The van der Waals surface area contributed by atoms with Gasteiger partial charge in [0.25, 0.3) is 5.91 Å². The maximum atomic E-state index is 12.8. The Balaban J connectivity index is 1.64. The molecule has 1 aliphatic heterocycles. The second-order valence-electron chi connectivity index (χ2n) is 6.12. The molecule has 2 heterocycles. The van der Waals surface area contributed by atoms with Gasteiger partial charge in [-0.05, 0) is 23.8 Å². The lowest BCUT2D eigenvalue weighted by atomic mass is 10.1. The first-order valence-electron chi connectivity index (χ1n) is 8.44. The number of amides is 1. The molecule has 3 rings (SSSR count).